The van der Waals surface area contributed by atoms with Gasteiger partial charge in [-0.15, -0.1) is 0 Å². The lowest BCUT2D eigenvalue weighted by atomic mass is 10.1. The lowest BCUT2D eigenvalue weighted by Gasteiger charge is -2.36. The predicted molar refractivity (Wildman–Crippen MR) is 147 cm³/mol. The van der Waals surface area contributed by atoms with E-state index in [1.807, 2.05) is 30.3 Å². The molecule has 0 unspecified atom stereocenters. The maximum atomic E-state index is 13.5. The molecule has 1 saturated heterocycles. The van der Waals surface area contributed by atoms with Crippen LogP contribution in [0.1, 0.15) is 17.5 Å². The minimum atomic E-state index is -0.347. The zero-order valence-electron chi connectivity index (χ0n) is 21.6. The first-order valence-electron chi connectivity index (χ1n) is 12.7. The largest absolute Gasteiger partial charge is 0.495 e. The van der Waals surface area contributed by atoms with E-state index in [0.29, 0.717) is 24.3 Å². The van der Waals surface area contributed by atoms with Crippen LogP contribution < -0.4 is 25.4 Å². The van der Waals surface area contributed by atoms with Gasteiger partial charge in [0.2, 0.25) is 0 Å². The fraction of sp³-hybridized carbons (Fsp3) is 0.310. The van der Waals surface area contributed by atoms with Crippen molar-refractivity contribution in [3.63, 3.8) is 0 Å². The van der Waals surface area contributed by atoms with Crippen LogP contribution >= 0.6 is 0 Å². The maximum Gasteiger partial charge on any atom is 0.333 e. The number of ether oxygens (including phenoxy) is 1. The van der Waals surface area contributed by atoms with Gasteiger partial charge in [0, 0.05) is 32.7 Å². The number of anilines is 2. The van der Waals surface area contributed by atoms with Crippen LogP contribution in [0.5, 0.6) is 5.75 Å². The van der Waals surface area contributed by atoms with Crippen molar-refractivity contribution in [2.45, 2.75) is 13.0 Å². The van der Waals surface area contributed by atoms with Crippen LogP contribution in [0, 0.1) is 17.1 Å². The standard InChI is InChI=1S/C29H33FN6O2/c1-38-28-6-3-2-5-27(28)35-19-17-34(18-20-35)16-4-15-32-29(37)33-36(26-13-11-25(30)12-14-26)22-24-9-7-23(21-31)8-10-24/h2-3,5-14H,4,15-20,22H2,1H3,(H2,32,33,37). The molecular weight excluding hydrogens is 483 g/mol. The molecule has 0 bridgehead atoms. The minimum absolute atomic E-state index is 0.330. The summed E-state index contributed by atoms with van der Waals surface area (Å²) in [6.07, 6.45) is 0.828. The number of carbonyl (C=O) groups is 1. The number of amides is 2. The summed E-state index contributed by atoms with van der Waals surface area (Å²) < 4.78 is 19.0. The fourth-order valence-corrected chi connectivity index (χ4v) is 4.45. The Bertz CT molecular complexity index is 1220. The van der Waals surface area contributed by atoms with Crippen LogP contribution in [0.3, 0.4) is 0 Å². The van der Waals surface area contributed by atoms with Crippen molar-refractivity contribution in [1.29, 1.82) is 5.26 Å². The average Bonchev–Trinajstić information content (AvgIpc) is 2.96. The van der Waals surface area contributed by atoms with Crippen LogP contribution in [-0.4, -0.2) is 57.3 Å². The molecule has 1 heterocycles. The molecule has 4 rings (SSSR count). The Morgan fingerprint density at radius 1 is 1.03 bits per heavy atom. The zero-order valence-corrected chi connectivity index (χ0v) is 21.6. The molecule has 1 fully saturated rings. The number of nitriles is 1. The summed E-state index contributed by atoms with van der Waals surface area (Å²) in [6, 6.07) is 22.9. The highest BCUT2D eigenvalue weighted by atomic mass is 19.1. The third-order valence-electron chi connectivity index (χ3n) is 6.53. The van der Waals surface area contributed by atoms with Gasteiger partial charge in [0.25, 0.3) is 0 Å². The second kappa shape index (κ2) is 13.3. The van der Waals surface area contributed by atoms with Crippen molar-refractivity contribution in [2.24, 2.45) is 0 Å². The topological polar surface area (TPSA) is 83.9 Å². The molecule has 0 aliphatic carbocycles. The fourth-order valence-electron chi connectivity index (χ4n) is 4.45. The summed E-state index contributed by atoms with van der Waals surface area (Å²) >= 11 is 0. The summed E-state index contributed by atoms with van der Waals surface area (Å²) in [5.41, 5.74) is 6.11. The monoisotopic (exact) mass is 516 g/mol. The molecule has 9 heteroatoms. The molecular formula is C29H33FN6O2. The Hall–Kier alpha value is -4.29. The molecule has 198 valence electrons. The molecule has 0 atom stereocenters. The van der Waals surface area contributed by atoms with E-state index in [0.717, 1.165) is 56.1 Å². The van der Waals surface area contributed by atoms with Gasteiger partial charge in [0.05, 0.1) is 36.7 Å². The molecule has 38 heavy (non-hydrogen) atoms. The van der Waals surface area contributed by atoms with E-state index in [1.165, 1.54) is 12.1 Å². The van der Waals surface area contributed by atoms with E-state index in [4.69, 9.17) is 10.00 Å². The van der Waals surface area contributed by atoms with Crippen molar-refractivity contribution in [1.82, 2.24) is 15.6 Å². The molecule has 2 N–H and O–H groups in total. The highest BCUT2D eigenvalue weighted by Crippen LogP contribution is 2.28. The van der Waals surface area contributed by atoms with Gasteiger partial charge in [0.1, 0.15) is 11.6 Å². The predicted octanol–water partition coefficient (Wildman–Crippen LogP) is 4.14. The van der Waals surface area contributed by atoms with E-state index in [-0.39, 0.29) is 11.8 Å². The Balaban J connectivity index is 1.23. The molecule has 3 aromatic rings. The van der Waals surface area contributed by atoms with E-state index in [9.17, 15) is 9.18 Å². The highest BCUT2D eigenvalue weighted by Gasteiger charge is 2.19. The Morgan fingerprint density at radius 3 is 2.42 bits per heavy atom. The van der Waals surface area contributed by atoms with E-state index >= 15 is 0 Å². The summed E-state index contributed by atoms with van der Waals surface area (Å²) in [5, 5.41) is 13.6. The lowest BCUT2D eigenvalue weighted by molar-refractivity contribution is 0.235. The number of para-hydroxylation sites is 2. The number of benzene rings is 3. The molecule has 1 aliphatic heterocycles. The molecule has 0 aromatic heterocycles. The molecule has 0 radical (unpaired) electrons. The van der Waals surface area contributed by atoms with Crippen LogP contribution in [0.25, 0.3) is 0 Å². The Morgan fingerprint density at radius 2 is 1.74 bits per heavy atom. The summed E-state index contributed by atoms with van der Waals surface area (Å²) in [6.45, 7) is 5.55. The van der Waals surface area contributed by atoms with Gasteiger partial charge in [-0.25, -0.2) is 14.6 Å². The lowest BCUT2D eigenvalue weighted by Crippen LogP contribution is -2.49. The smallest absolute Gasteiger partial charge is 0.333 e. The molecule has 0 saturated carbocycles. The molecule has 8 nitrogen and oxygen atoms in total. The molecule has 1 aliphatic rings. The van der Waals surface area contributed by atoms with E-state index < -0.39 is 0 Å². The number of hydrazine groups is 1. The summed E-state index contributed by atoms with van der Waals surface area (Å²) in [4.78, 5) is 17.4. The average molecular weight is 517 g/mol. The van der Waals surface area contributed by atoms with Crippen molar-refractivity contribution in [3.05, 3.63) is 89.7 Å². The minimum Gasteiger partial charge on any atom is -0.495 e. The van der Waals surface area contributed by atoms with Crippen LogP contribution in [0.2, 0.25) is 0 Å². The first-order valence-corrected chi connectivity index (χ1v) is 12.7. The van der Waals surface area contributed by atoms with Gasteiger partial charge < -0.3 is 15.0 Å². The SMILES string of the molecule is COc1ccccc1N1CCN(CCCNC(=O)NN(Cc2ccc(C#N)cc2)c2ccc(F)cc2)CC1. The number of carbonyl (C=O) groups excluding carboxylic acids is 1. The normalized spacial score (nSPS) is 13.4. The summed E-state index contributed by atoms with van der Waals surface area (Å²) in [7, 11) is 1.70. The van der Waals surface area contributed by atoms with Gasteiger partial charge in [-0.2, -0.15) is 5.26 Å². The second-order valence-corrected chi connectivity index (χ2v) is 9.09. The molecule has 2 amide bonds. The van der Waals surface area contributed by atoms with Crippen molar-refractivity contribution < 1.29 is 13.9 Å². The maximum absolute atomic E-state index is 13.5. The first kappa shape index (κ1) is 26.8. The number of nitrogens with one attached hydrogen (secondary N) is 2. The third kappa shape index (κ3) is 7.37. The number of piperazine rings is 1. The second-order valence-electron chi connectivity index (χ2n) is 9.09. The number of hydrogen-bond acceptors (Lipinski definition) is 6. The number of methoxy groups -OCH3 is 1. The molecule has 0 spiro atoms. The van der Waals surface area contributed by atoms with Gasteiger partial charge in [-0.1, -0.05) is 24.3 Å². The van der Waals surface area contributed by atoms with E-state index in [2.05, 4.69) is 32.7 Å². The summed E-state index contributed by atoms with van der Waals surface area (Å²) in [5.74, 6) is 0.547. The number of nitrogens with zero attached hydrogens (tertiary/aromatic N) is 4. The van der Waals surface area contributed by atoms with Crippen LogP contribution in [0.15, 0.2) is 72.8 Å². The number of halogens is 1. The van der Waals surface area contributed by atoms with Gasteiger partial charge >= 0.3 is 6.03 Å². The zero-order chi connectivity index (χ0) is 26.7. The van der Waals surface area contributed by atoms with Gasteiger partial charge in [0.15, 0.2) is 0 Å². The Kier molecular flexibility index (Phi) is 9.37. The third-order valence-corrected chi connectivity index (χ3v) is 6.53. The first-order chi connectivity index (χ1) is 18.6. The highest BCUT2D eigenvalue weighted by molar-refractivity contribution is 5.76. The van der Waals surface area contributed by atoms with E-state index in [1.54, 1.807) is 36.4 Å². The number of urea groups is 1. The number of hydrogen-bond donors (Lipinski definition) is 2. The van der Waals surface area contributed by atoms with Gasteiger partial charge in [-0.05, 0) is 67.1 Å². The van der Waals surface area contributed by atoms with Gasteiger partial charge in [-0.3, -0.25) is 9.91 Å². The van der Waals surface area contributed by atoms with Crippen molar-refractivity contribution in [3.8, 4) is 11.8 Å². The quantitative estimate of drug-likeness (QED) is 0.311. The van der Waals surface area contributed by atoms with Crippen molar-refractivity contribution in [2.75, 3.05) is 56.3 Å². The van der Waals surface area contributed by atoms with Crippen LogP contribution in [-0.2, 0) is 6.54 Å². The number of rotatable bonds is 10. The van der Waals surface area contributed by atoms with Crippen molar-refractivity contribution >= 4 is 17.4 Å². The molecule has 3 aromatic carbocycles. The van der Waals surface area contributed by atoms with Crippen LogP contribution in [0.4, 0.5) is 20.6 Å². The Labute approximate surface area is 223 Å².